The fourth-order valence-corrected chi connectivity index (χ4v) is 3.40. The number of carbonyl (C=O) groups excluding carboxylic acids is 3. The van der Waals surface area contributed by atoms with Gasteiger partial charge in [0.1, 0.15) is 18.2 Å². The van der Waals surface area contributed by atoms with Crippen LogP contribution in [0.4, 0.5) is 0 Å². The van der Waals surface area contributed by atoms with E-state index in [1.165, 1.54) is 4.90 Å². The molecule has 0 aliphatic carbocycles. The minimum absolute atomic E-state index is 0.000797. The minimum Gasteiger partial charge on any atom is -0.371 e. The van der Waals surface area contributed by atoms with Crippen molar-refractivity contribution in [1.82, 2.24) is 10.2 Å². The Bertz CT molecular complexity index is 764. The molecule has 160 valence electrons. The molecule has 1 aliphatic rings. The number of ether oxygens (including phenoxy) is 1. The zero-order valence-corrected chi connectivity index (χ0v) is 18.7. The Balaban J connectivity index is 2.18. The van der Waals surface area contributed by atoms with Gasteiger partial charge in [-0.15, -0.1) is 0 Å². The largest absolute Gasteiger partial charge is 0.371 e. The summed E-state index contributed by atoms with van der Waals surface area (Å²) in [5.74, 6) is -0.498. The summed E-state index contributed by atoms with van der Waals surface area (Å²) in [6.45, 7) is 12.2. The van der Waals surface area contributed by atoms with Crippen LogP contribution in [0.2, 0.25) is 0 Å². The van der Waals surface area contributed by atoms with E-state index in [4.69, 9.17) is 4.74 Å². The third-order valence-electron chi connectivity index (χ3n) is 5.61. The lowest BCUT2D eigenvalue weighted by atomic mass is 9.86. The summed E-state index contributed by atoms with van der Waals surface area (Å²) in [5, 5.41) is 2.88. The fraction of sp³-hybridized carbons (Fsp3) is 0.609. The first-order valence-corrected chi connectivity index (χ1v) is 10.2. The Hall–Kier alpha value is -2.21. The summed E-state index contributed by atoms with van der Waals surface area (Å²) >= 11 is 0. The van der Waals surface area contributed by atoms with Gasteiger partial charge in [-0.1, -0.05) is 46.8 Å². The second-order valence-electron chi connectivity index (χ2n) is 9.57. The lowest BCUT2D eigenvalue weighted by molar-refractivity contribution is -0.143. The maximum atomic E-state index is 13.2. The van der Waals surface area contributed by atoms with Crippen LogP contribution in [0, 0.1) is 5.92 Å². The summed E-state index contributed by atoms with van der Waals surface area (Å²) < 4.78 is 5.26. The Morgan fingerprint density at radius 2 is 1.79 bits per heavy atom. The number of hydrogen-bond donors (Lipinski definition) is 1. The van der Waals surface area contributed by atoms with Gasteiger partial charge >= 0.3 is 0 Å². The van der Waals surface area contributed by atoms with Gasteiger partial charge in [-0.2, -0.15) is 0 Å². The minimum atomic E-state index is -0.995. The molecule has 2 atom stereocenters. The van der Waals surface area contributed by atoms with E-state index in [0.29, 0.717) is 12.0 Å². The standard InChI is InChI=1S/C23H34N2O4/c1-15(2)12-18(21(28)25(7)23(6)14-29-13-19(23)26)24-20(27)16-8-10-17(11-9-16)22(3,4)5/h8-11,15,18H,12-14H2,1-7H3,(H,24,27). The Kier molecular flexibility index (Phi) is 6.89. The van der Waals surface area contributed by atoms with E-state index in [2.05, 4.69) is 26.1 Å². The molecule has 1 saturated heterocycles. The summed E-state index contributed by atoms with van der Waals surface area (Å²) in [5.41, 5.74) is 0.648. The Morgan fingerprint density at radius 3 is 2.24 bits per heavy atom. The van der Waals surface area contributed by atoms with Gasteiger partial charge in [0.2, 0.25) is 5.91 Å². The van der Waals surface area contributed by atoms with E-state index >= 15 is 0 Å². The van der Waals surface area contributed by atoms with Gasteiger partial charge in [0.05, 0.1) is 6.61 Å². The maximum absolute atomic E-state index is 13.2. The third-order valence-corrected chi connectivity index (χ3v) is 5.61. The number of hydrogen-bond acceptors (Lipinski definition) is 4. The van der Waals surface area contributed by atoms with E-state index in [-0.39, 0.29) is 42.1 Å². The van der Waals surface area contributed by atoms with Crippen molar-refractivity contribution in [3.8, 4) is 0 Å². The van der Waals surface area contributed by atoms with Crippen LogP contribution in [0.25, 0.3) is 0 Å². The molecule has 1 fully saturated rings. The Labute approximate surface area is 174 Å². The highest BCUT2D eigenvalue weighted by atomic mass is 16.5. The van der Waals surface area contributed by atoms with E-state index in [1.54, 1.807) is 26.1 Å². The molecule has 1 aliphatic heterocycles. The van der Waals surface area contributed by atoms with Crippen molar-refractivity contribution in [3.05, 3.63) is 35.4 Å². The van der Waals surface area contributed by atoms with Crippen LogP contribution < -0.4 is 5.32 Å². The number of Topliss-reactive ketones (excluding diaryl/α,β-unsaturated/α-hetero) is 1. The average molecular weight is 403 g/mol. The van der Waals surface area contributed by atoms with Gasteiger partial charge in [-0.05, 0) is 42.4 Å². The molecule has 6 heteroatoms. The summed E-state index contributed by atoms with van der Waals surface area (Å²) in [4.78, 5) is 39.7. The van der Waals surface area contributed by atoms with Gasteiger partial charge in [-0.25, -0.2) is 0 Å². The number of nitrogens with zero attached hydrogens (tertiary/aromatic N) is 1. The number of carbonyl (C=O) groups is 3. The second kappa shape index (κ2) is 8.66. The first kappa shape index (κ1) is 23.1. The van der Waals surface area contributed by atoms with Gasteiger partial charge in [0, 0.05) is 12.6 Å². The molecule has 29 heavy (non-hydrogen) atoms. The molecular weight excluding hydrogens is 368 g/mol. The maximum Gasteiger partial charge on any atom is 0.251 e. The average Bonchev–Trinajstić information content (AvgIpc) is 2.98. The highest BCUT2D eigenvalue weighted by Gasteiger charge is 2.45. The second-order valence-corrected chi connectivity index (χ2v) is 9.57. The smallest absolute Gasteiger partial charge is 0.251 e. The molecule has 0 spiro atoms. The number of likely N-dealkylation sites (N-methyl/N-ethyl adjacent to an activating group) is 1. The predicted octanol–water partition coefficient (Wildman–Crippen LogP) is 2.95. The lowest BCUT2D eigenvalue weighted by Gasteiger charge is -2.35. The van der Waals surface area contributed by atoms with Crippen LogP contribution in [-0.2, 0) is 19.7 Å². The fourth-order valence-electron chi connectivity index (χ4n) is 3.40. The molecule has 0 aromatic heterocycles. The first-order chi connectivity index (χ1) is 13.4. The molecule has 1 aromatic carbocycles. The molecule has 1 aromatic rings. The number of amides is 2. The zero-order valence-electron chi connectivity index (χ0n) is 18.7. The van der Waals surface area contributed by atoms with Crippen LogP contribution in [0.1, 0.15) is 63.9 Å². The predicted molar refractivity (Wildman–Crippen MR) is 113 cm³/mol. The summed E-state index contributed by atoms with van der Waals surface area (Å²) in [6, 6.07) is 6.74. The van der Waals surface area contributed by atoms with Crippen molar-refractivity contribution in [2.45, 2.75) is 65.0 Å². The molecule has 2 amide bonds. The first-order valence-electron chi connectivity index (χ1n) is 10.2. The molecule has 6 nitrogen and oxygen atoms in total. The highest BCUT2D eigenvalue weighted by Crippen LogP contribution is 2.24. The molecule has 1 N–H and O–H groups in total. The third kappa shape index (κ3) is 5.24. The van der Waals surface area contributed by atoms with Crippen molar-refractivity contribution in [3.63, 3.8) is 0 Å². The monoisotopic (exact) mass is 402 g/mol. The van der Waals surface area contributed by atoms with Crippen molar-refractivity contribution < 1.29 is 19.1 Å². The molecule has 2 unspecified atom stereocenters. The molecule has 2 rings (SSSR count). The van der Waals surface area contributed by atoms with Crippen molar-refractivity contribution in [1.29, 1.82) is 0 Å². The number of nitrogens with one attached hydrogen (secondary N) is 1. The molecule has 0 radical (unpaired) electrons. The van der Waals surface area contributed by atoms with E-state index < -0.39 is 11.6 Å². The van der Waals surface area contributed by atoms with Crippen LogP contribution >= 0.6 is 0 Å². The normalized spacial score (nSPS) is 20.6. The topological polar surface area (TPSA) is 75.7 Å². The summed E-state index contributed by atoms with van der Waals surface area (Å²) in [6.07, 6.45) is 0.486. The number of ketones is 1. The van der Waals surface area contributed by atoms with E-state index in [9.17, 15) is 14.4 Å². The molecule has 0 saturated carbocycles. The summed E-state index contributed by atoms with van der Waals surface area (Å²) in [7, 11) is 1.60. The van der Waals surface area contributed by atoms with Crippen LogP contribution in [-0.4, -0.2) is 54.3 Å². The van der Waals surface area contributed by atoms with Gasteiger partial charge in [0.15, 0.2) is 5.78 Å². The van der Waals surface area contributed by atoms with Crippen LogP contribution in [0.15, 0.2) is 24.3 Å². The highest BCUT2D eigenvalue weighted by molar-refractivity contribution is 5.99. The molecular formula is C23H34N2O4. The lowest BCUT2D eigenvalue weighted by Crippen LogP contribution is -2.58. The van der Waals surface area contributed by atoms with Crippen LogP contribution in [0.5, 0.6) is 0 Å². The van der Waals surface area contributed by atoms with Crippen molar-refractivity contribution in [2.24, 2.45) is 5.92 Å². The number of rotatable bonds is 6. The van der Waals surface area contributed by atoms with Crippen molar-refractivity contribution >= 4 is 17.6 Å². The van der Waals surface area contributed by atoms with E-state index in [1.807, 2.05) is 26.0 Å². The van der Waals surface area contributed by atoms with Crippen molar-refractivity contribution in [2.75, 3.05) is 20.3 Å². The SMILES string of the molecule is CC(C)CC(NC(=O)c1ccc(C(C)(C)C)cc1)C(=O)N(C)C1(C)COCC1=O. The molecule has 1 heterocycles. The zero-order chi connectivity index (χ0) is 22.0. The molecule has 0 bridgehead atoms. The van der Waals surface area contributed by atoms with Gasteiger partial charge < -0.3 is 15.0 Å². The van der Waals surface area contributed by atoms with E-state index in [0.717, 1.165) is 5.56 Å². The number of benzene rings is 1. The Morgan fingerprint density at radius 1 is 1.21 bits per heavy atom. The van der Waals surface area contributed by atoms with Gasteiger partial charge in [0.25, 0.3) is 5.91 Å². The van der Waals surface area contributed by atoms with Crippen LogP contribution in [0.3, 0.4) is 0 Å². The quantitative estimate of drug-likeness (QED) is 0.794. The van der Waals surface area contributed by atoms with Gasteiger partial charge in [-0.3, -0.25) is 14.4 Å².